The zero-order valence-electron chi connectivity index (χ0n) is 24.4. The van der Waals surface area contributed by atoms with E-state index in [0.29, 0.717) is 24.7 Å². The third-order valence-corrected chi connectivity index (χ3v) is 6.17. The lowest BCUT2D eigenvalue weighted by Crippen LogP contribution is -2.32. The number of furan rings is 1. The molecule has 2 heterocycles. The van der Waals surface area contributed by atoms with Gasteiger partial charge in [0, 0.05) is 29.1 Å². The maximum absolute atomic E-state index is 12.2. The molecule has 4 rings (SSSR count). The minimum atomic E-state index is -0.581. The number of esters is 1. The molecule has 0 aliphatic carbocycles. The lowest BCUT2D eigenvalue weighted by atomic mass is 10.0. The molecule has 1 N–H and O–H groups in total. The van der Waals surface area contributed by atoms with Gasteiger partial charge in [-0.15, -0.1) is 0 Å². The molecule has 0 fully saturated rings. The Bertz CT molecular complexity index is 1500. The topological polar surface area (TPSA) is 99.9 Å². The molecule has 0 radical (unpaired) electrons. The number of aryl methyl sites for hydroxylation is 1. The van der Waals surface area contributed by atoms with Crippen LogP contribution in [-0.4, -0.2) is 29.3 Å². The molecule has 41 heavy (non-hydrogen) atoms. The number of hydrogen-bond acceptors (Lipinski definition) is 7. The van der Waals surface area contributed by atoms with Gasteiger partial charge in [0.15, 0.2) is 0 Å². The van der Waals surface area contributed by atoms with Crippen molar-refractivity contribution in [3.05, 3.63) is 83.4 Å². The zero-order valence-corrected chi connectivity index (χ0v) is 24.4. The smallest absolute Gasteiger partial charge is 0.407 e. The average molecular weight is 559 g/mol. The molecular formula is C33H38N2O6. The number of carbonyl (C=O) groups is 2. The van der Waals surface area contributed by atoms with E-state index in [0.717, 1.165) is 51.8 Å². The minimum Gasteiger partial charge on any atom is -0.489 e. The van der Waals surface area contributed by atoms with E-state index in [1.165, 1.54) is 0 Å². The number of carbonyl (C=O) groups excluding carboxylic acids is 2. The molecule has 8 heteroatoms. The van der Waals surface area contributed by atoms with Gasteiger partial charge in [0.1, 0.15) is 29.3 Å². The van der Waals surface area contributed by atoms with Crippen molar-refractivity contribution in [3.63, 3.8) is 0 Å². The van der Waals surface area contributed by atoms with Crippen LogP contribution in [0.2, 0.25) is 0 Å². The third kappa shape index (κ3) is 8.33. The zero-order chi connectivity index (χ0) is 29.4. The molecule has 8 nitrogen and oxygen atoms in total. The number of rotatable bonds is 11. The molecule has 1 amide bonds. The second-order valence-electron chi connectivity index (χ2n) is 10.8. The first kappa shape index (κ1) is 29.6. The SMILES string of the molecule is CCCc1cc2cc(COc3ccccc3CC(=O)OCC)cc(-c3ccnc(CNC(=O)OC(C)(C)C)c3)c2o1. The van der Waals surface area contributed by atoms with Gasteiger partial charge in [-0.1, -0.05) is 25.1 Å². The summed E-state index contributed by atoms with van der Waals surface area (Å²) in [6, 6.07) is 17.6. The summed E-state index contributed by atoms with van der Waals surface area (Å²) >= 11 is 0. The molecule has 0 atom stereocenters. The number of benzene rings is 2. The van der Waals surface area contributed by atoms with Gasteiger partial charge < -0.3 is 23.9 Å². The van der Waals surface area contributed by atoms with Crippen LogP contribution in [0.4, 0.5) is 4.79 Å². The van der Waals surface area contributed by atoms with E-state index in [2.05, 4.69) is 35.4 Å². The fourth-order valence-electron chi connectivity index (χ4n) is 4.47. The number of nitrogens with zero attached hydrogens (tertiary/aromatic N) is 1. The summed E-state index contributed by atoms with van der Waals surface area (Å²) in [5.74, 6) is 1.27. The first-order valence-corrected chi connectivity index (χ1v) is 14.0. The second kappa shape index (κ2) is 13.4. The van der Waals surface area contributed by atoms with Crippen LogP contribution in [0.25, 0.3) is 22.1 Å². The van der Waals surface area contributed by atoms with Crippen LogP contribution >= 0.6 is 0 Å². The van der Waals surface area contributed by atoms with Gasteiger partial charge in [0.25, 0.3) is 0 Å². The number of alkyl carbamates (subject to hydrolysis) is 1. The van der Waals surface area contributed by atoms with Crippen molar-refractivity contribution in [3.8, 4) is 16.9 Å². The Morgan fingerprint density at radius 2 is 1.83 bits per heavy atom. The molecule has 0 saturated heterocycles. The third-order valence-electron chi connectivity index (χ3n) is 6.17. The Kier molecular flexibility index (Phi) is 9.65. The quantitative estimate of drug-likeness (QED) is 0.195. The Labute approximate surface area is 241 Å². The summed E-state index contributed by atoms with van der Waals surface area (Å²) in [4.78, 5) is 28.7. The van der Waals surface area contributed by atoms with E-state index >= 15 is 0 Å². The lowest BCUT2D eigenvalue weighted by molar-refractivity contribution is -0.142. The average Bonchev–Trinajstić information content (AvgIpc) is 3.33. The van der Waals surface area contributed by atoms with Crippen LogP contribution in [0, 0.1) is 0 Å². The molecule has 0 spiro atoms. The Morgan fingerprint density at radius 1 is 1.02 bits per heavy atom. The van der Waals surface area contributed by atoms with E-state index in [9.17, 15) is 9.59 Å². The Morgan fingerprint density at radius 3 is 2.59 bits per heavy atom. The normalized spacial score (nSPS) is 11.3. The monoisotopic (exact) mass is 558 g/mol. The summed E-state index contributed by atoms with van der Waals surface area (Å²) in [5, 5.41) is 3.75. The van der Waals surface area contributed by atoms with E-state index < -0.39 is 11.7 Å². The largest absolute Gasteiger partial charge is 0.489 e. The van der Waals surface area contributed by atoms with Crippen molar-refractivity contribution in [2.75, 3.05) is 6.61 Å². The fraction of sp³-hybridized carbons (Fsp3) is 0.364. The van der Waals surface area contributed by atoms with Gasteiger partial charge in [0.2, 0.25) is 0 Å². The first-order valence-electron chi connectivity index (χ1n) is 14.0. The van der Waals surface area contributed by atoms with Crippen molar-refractivity contribution >= 4 is 23.0 Å². The summed E-state index contributed by atoms with van der Waals surface area (Å²) in [6.07, 6.45) is 3.18. The van der Waals surface area contributed by atoms with Crippen LogP contribution in [-0.2, 0) is 40.3 Å². The number of aromatic nitrogens is 1. The predicted molar refractivity (Wildman–Crippen MR) is 158 cm³/mol. The highest BCUT2D eigenvalue weighted by Crippen LogP contribution is 2.34. The van der Waals surface area contributed by atoms with Crippen molar-refractivity contribution < 1.29 is 28.2 Å². The number of pyridine rings is 1. The van der Waals surface area contributed by atoms with Crippen molar-refractivity contribution in [2.24, 2.45) is 0 Å². The summed E-state index contributed by atoms with van der Waals surface area (Å²) in [6.45, 7) is 10.2. The lowest BCUT2D eigenvalue weighted by Gasteiger charge is -2.19. The van der Waals surface area contributed by atoms with Crippen LogP contribution < -0.4 is 10.1 Å². The van der Waals surface area contributed by atoms with Gasteiger partial charge in [-0.2, -0.15) is 0 Å². The highest BCUT2D eigenvalue weighted by molar-refractivity contribution is 5.93. The van der Waals surface area contributed by atoms with Crippen LogP contribution in [0.3, 0.4) is 0 Å². The molecular weight excluding hydrogens is 520 g/mol. The summed E-state index contributed by atoms with van der Waals surface area (Å²) in [7, 11) is 0. The highest BCUT2D eigenvalue weighted by atomic mass is 16.6. The number of ether oxygens (including phenoxy) is 3. The Hall–Kier alpha value is -4.33. The molecule has 0 saturated carbocycles. The van der Waals surface area contributed by atoms with Gasteiger partial charge in [-0.25, -0.2) is 4.79 Å². The molecule has 4 aromatic rings. The van der Waals surface area contributed by atoms with E-state index in [4.69, 9.17) is 18.6 Å². The standard InChI is InChI=1S/C33H38N2O6/c1-6-10-27-18-25-15-22(21-39-29-12-9-8-11-24(29)19-30(36)38-7-2)16-28(31(25)40-27)23-13-14-34-26(17-23)20-35-32(37)41-33(3,4)5/h8-9,11-18H,6-7,10,19-21H2,1-5H3,(H,35,37). The molecule has 0 bridgehead atoms. The maximum Gasteiger partial charge on any atom is 0.407 e. The van der Waals surface area contributed by atoms with Gasteiger partial charge in [-0.05, 0) is 81.6 Å². The number of nitrogens with one attached hydrogen (secondary N) is 1. The van der Waals surface area contributed by atoms with Crippen molar-refractivity contribution in [2.45, 2.75) is 72.6 Å². The van der Waals surface area contributed by atoms with Crippen LogP contribution in [0.5, 0.6) is 5.75 Å². The second-order valence-corrected chi connectivity index (χ2v) is 10.8. The number of hydrogen-bond donors (Lipinski definition) is 1. The summed E-state index contributed by atoms with van der Waals surface area (Å²) in [5.41, 5.74) is 4.44. The molecule has 0 aliphatic heterocycles. The minimum absolute atomic E-state index is 0.146. The summed E-state index contributed by atoms with van der Waals surface area (Å²) < 4.78 is 23.0. The van der Waals surface area contributed by atoms with Crippen LogP contribution in [0.1, 0.15) is 63.6 Å². The predicted octanol–water partition coefficient (Wildman–Crippen LogP) is 7.16. The van der Waals surface area contributed by atoms with Crippen LogP contribution in [0.15, 0.2) is 65.2 Å². The molecule has 2 aromatic carbocycles. The highest BCUT2D eigenvalue weighted by Gasteiger charge is 2.17. The number of fused-ring (bicyclic) bond motifs is 1. The molecule has 0 unspecified atom stereocenters. The number of para-hydroxylation sites is 1. The van der Waals surface area contributed by atoms with Gasteiger partial charge in [-0.3, -0.25) is 9.78 Å². The van der Waals surface area contributed by atoms with Crippen molar-refractivity contribution in [1.82, 2.24) is 10.3 Å². The van der Waals surface area contributed by atoms with E-state index in [1.54, 1.807) is 13.1 Å². The van der Waals surface area contributed by atoms with Gasteiger partial charge in [0.05, 0.1) is 25.3 Å². The van der Waals surface area contributed by atoms with E-state index in [-0.39, 0.29) is 18.9 Å². The maximum atomic E-state index is 12.2. The molecule has 2 aromatic heterocycles. The van der Waals surface area contributed by atoms with Crippen molar-refractivity contribution in [1.29, 1.82) is 0 Å². The number of amides is 1. The fourth-order valence-corrected chi connectivity index (χ4v) is 4.47. The van der Waals surface area contributed by atoms with Gasteiger partial charge >= 0.3 is 12.1 Å². The first-order chi connectivity index (χ1) is 19.6. The molecule has 0 aliphatic rings. The Balaban J connectivity index is 1.61. The van der Waals surface area contributed by atoms with E-state index in [1.807, 2.05) is 57.2 Å². The molecule has 216 valence electrons.